The van der Waals surface area contributed by atoms with Crippen molar-refractivity contribution in [1.29, 1.82) is 0 Å². The lowest BCUT2D eigenvalue weighted by atomic mass is 10.2. The van der Waals surface area contributed by atoms with Crippen LogP contribution in [0, 0.1) is 6.92 Å². The van der Waals surface area contributed by atoms with E-state index in [4.69, 9.17) is 10.3 Å². The fraction of sp³-hybridized carbons (Fsp3) is 0.417. The zero-order valence-corrected chi connectivity index (χ0v) is 11.3. The summed E-state index contributed by atoms with van der Waals surface area (Å²) in [5.74, 6) is 9.00. The molecule has 0 aromatic carbocycles. The molecule has 7 nitrogen and oxygen atoms in total. The second kappa shape index (κ2) is 5.66. The molecule has 0 aliphatic rings. The highest BCUT2D eigenvalue weighted by atomic mass is 16.4. The van der Waals surface area contributed by atoms with Crippen LogP contribution >= 0.6 is 0 Å². The van der Waals surface area contributed by atoms with Gasteiger partial charge in [-0.15, -0.1) is 0 Å². The second-order valence-electron chi connectivity index (χ2n) is 4.51. The monoisotopic (exact) mass is 262 g/mol. The van der Waals surface area contributed by atoms with E-state index in [0.29, 0.717) is 24.1 Å². The standard InChI is InChI=1S/C12H18N6O/c1-7(2)12-16-9(4-10(17-12)18-13)14-6-11-15-5-8(3)19-11/h4-5,7H,6,13H2,1-3H3,(H2,14,16,17,18). The third-order valence-corrected chi connectivity index (χ3v) is 2.50. The van der Waals surface area contributed by atoms with Crippen LogP contribution in [0.1, 0.15) is 37.2 Å². The molecule has 2 rings (SSSR count). The Morgan fingerprint density at radius 1 is 1.32 bits per heavy atom. The van der Waals surface area contributed by atoms with Crippen molar-refractivity contribution in [2.45, 2.75) is 33.2 Å². The summed E-state index contributed by atoms with van der Waals surface area (Å²) in [7, 11) is 0. The lowest BCUT2D eigenvalue weighted by molar-refractivity contribution is 0.478. The molecule has 0 saturated carbocycles. The maximum atomic E-state index is 5.40. The van der Waals surface area contributed by atoms with Crippen LogP contribution in [0.2, 0.25) is 0 Å². The SMILES string of the molecule is Cc1cnc(CNc2cc(NN)nc(C(C)C)n2)o1. The largest absolute Gasteiger partial charge is 0.444 e. The normalized spacial score (nSPS) is 10.8. The number of aryl methyl sites for hydroxylation is 1. The smallest absolute Gasteiger partial charge is 0.213 e. The average Bonchev–Trinajstić information content (AvgIpc) is 2.81. The molecule has 0 spiro atoms. The van der Waals surface area contributed by atoms with Gasteiger partial charge in [0.25, 0.3) is 0 Å². The molecule has 2 aromatic rings. The molecule has 0 atom stereocenters. The highest BCUT2D eigenvalue weighted by Gasteiger charge is 2.08. The van der Waals surface area contributed by atoms with Gasteiger partial charge in [-0.2, -0.15) is 0 Å². The van der Waals surface area contributed by atoms with E-state index in [1.54, 1.807) is 12.3 Å². The Kier molecular flexibility index (Phi) is 3.96. The van der Waals surface area contributed by atoms with Crippen LogP contribution in [0.25, 0.3) is 0 Å². The van der Waals surface area contributed by atoms with E-state index in [1.165, 1.54) is 0 Å². The van der Waals surface area contributed by atoms with Crippen molar-refractivity contribution in [3.63, 3.8) is 0 Å². The van der Waals surface area contributed by atoms with Gasteiger partial charge in [0.2, 0.25) is 5.89 Å². The Bertz CT molecular complexity index is 551. The Morgan fingerprint density at radius 3 is 2.63 bits per heavy atom. The van der Waals surface area contributed by atoms with Crippen molar-refractivity contribution >= 4 is 11.6 Å². The molecular formula is C12H18N6O. The van der Waals surface area contributed by atoms with Gasteiger partial charge in [-0.25, -0.2) is 20.8 Å². The minimum Gasteiger partial charge on any atom is -0.444 e. The second-order valence-corrected chi connectivity index (χ2v) is 4.51. The van der Waals surface area contributed by atoms with Gasteiger partial charge in [-0.05, 0) is 6.92 Å². The lowest BCUT2D eigenvalue weighted by Crippen LogP contribution is -2.13. The molecule has 0 bridgehead atoms. The summed E-state index contributed by atoms with van der Waals surface area (Å²) in [5.41, 5.74) is 2.53. The van der Waals surface area contributed by atoms with Crippen LogP contribution in [0.3, 0.4) is 0 Å². The maximum Gasteiger partial charge on any atom is 0.213 e. The first-order chi connectivity index (χ1) is 9.08. The van der Waals surface area contributed by atoms with Gasteiger partial charge in [-0.1, -0.05) is 13.8 Å². The molecule has 0 aliphatic carbocycles. The van der Waals surface area contributed by atoms with E-state index in [-0.39, 0.29) is 5.92 Å². The summed E-state index contributed by atoms with van der Waals surface area (Å²) >= 11 is 0. The molecular weight excluding hydrogens is 244 g/mol. The molecule has 102 valence electrons. The molecule has 19 heavy (non-hydrogen) atoms. The van der Waals surface area contributed by atoms with Crippen LogP contribution in [0.5, 0.6) is 0 Å². The molecule has 0 fully saturated rings. The summed E-state index contributed by atoms with van der Waals surface area (Å²) in [4.78, 5) is 12.8. The number of anilines is 2. The maximum absolute atomic E-state index is 5.40. The molecule has 2 heterocycles. The zero-order chi connectivity index (χ0) is 13.8. The molecule has 0 saturated heterocycles. The number of nitrogen functional groups attached to an aromatic ring is 1. The van der Waals surface area contributed by atoms with Crippen LogP contribution in [-0.4, -0.2) is 15.0 Å². The van der Waals surface area contributed by atoms with E-state index >= 15 is 0 Å². The summed E-state index contributed by atoms with van der Waals surface area (Å²) < 4.78 is 5.38. The minimum absolute atomic E-state index is 0.220. The van der Waals surface area contributed by atoms with Crippen LogP contribution in [0.4, 0.5) is 11.6 Å². The van der Waals surface area contributed by atoms with Gasteiger partial charge >= 0.3 is 0 Å². The number of aromatic nitrogens is 3. The summed E-state index contributed by atoms with van der Waals surface area (Å²) in [6.07, 6.45) is 1.68. The van der Waals surface area contributed by atoms with Crippen molar-refractivity contribution in [2.24, 2.45) is 5.84 Å². The third-order valence-electron chi connectivity index (χ3n) is 2.50. The number of hydrogen-bond donors (Lipinski definition) is 3. The molecule has 0 amide bonds. The van der Waals surface area contributed by atoms with Gasteiger partial charge in [-0.3, -0.25) is 0 Å². The fourth-order valence-electron chi connectivity index (χ4n) is 1.54. The molecule has 0 radical (unpaired) electrons. The minimum atomic E-state index is 0.220. The Balaban J connectivity index is 2.12. The quantitative estimate of drug-likeness (QED) is 0.557. The number of rotatable bonds is 5. The Morgan fingerprint density at radius 2 is 2.05 bits per heavy atom. The van der Waals surface area contributed by atoms with E-state index in [2.05, 4.69) is 25.7 Å². The van der Waals surface area contributed by atoms with Gasteiger partial charge in [0, 0.05) is 12.0 Å². The first-order valence-electron chi connectivity index (χ1n) is 6.09. The van der Waals surface area contributed by atoms with E-state index in [0.717, 1.165) is 11.6 Å². The highest BCUT2D eigenvalue weighted by molar-refractivity contribution is 5.47. The van der Waals surface area contributed by atoms with E-state index < -0.39 is 0 Å². The molecule has 7 heteroatoms. The highest BCUT2D eigenvalue weighted by Crippen LogP contribution is 2.17. The average molecular weight is 262 g/mol. The van der Waals surface area contributed by atoms with Crippen molar-refractivity contribution in [3.05, 3.63) is 29.7 Å². The lowest BCUT2D eigenvalue weighted by Gasteiger charge is -2.10. The number of nitrogens with one attached hydrogen (secondary N) is 2. The molecule has 4 N–H and O–H groups in total. The molecule has 0 aliphatic heterocycles. The molecule has 0 unspecified atom stereocenters. The van der Waals surface area contributed by atoms with E-state index in [9.17, 15) is 0 Å². The van der Waals surface area contributed by atoms with Crippen LogP contribution < -0.4 is 16.6 Å². The Hall–Kier alpha value is -2.15. The predicted octanol–water partition coefficient (Wildman–Crippen LogP) is 1.79. The predicted molar refractivity (Wildman–Crippen MR) is 72.5 cm³/mol. The summed E-state index contributed by atoms with van der Waals surface area (Å²) in [5, 5.41) is 3.14. The Labute approximate surface area is 111 Å². The number of hydrogen-bond acceptors (Lipinski definition) is 7. The first kappa shape index (κ1) is 13.3. The van der Waals surface area contributed by atoms with Gasteiger partial charge < -0.3 is 15.2 Å². The van der Waals surface area contributed by atoms with Crippen molar-refractivity contribution < 1.29 is 4.42 Å². The number of hydrazine groups is 1. The first-order valence-corrected chi connectivity index (χ1v) is 6.09. The topological polar surface area (TPSA) is 102 Å². The number of nitrogens with two attached hydrogens (primary N) is 1. The third kappa shape index (κ3) is 3.41. The van der Waals surface area contributed by atoms with Gasteiger partial charge in [0.15, 0.2) is 0 Å². The summed E-state index contributed by atoms with van der Waals surface area (Å²) in [6.45, 7) is 6.37. The molecule has 2 aromatic heterocycles. The van der Waals surface area contributed by atoms with Crippen LogP contribution in [-0.2, 0) is 6.54 Å². The number of oxazole rings is 1. The van der Waals surface area contributed by atoms with Crippen molar-refractivity contribution in [2.75, 3.05) is 10.7 Å². The van der Waals surface area contributed by atoms with E-state index in [1.807, 2.05) is 20.8 Å². The van der Waals surface area contributed by atoms with Crippen molar-refractivity contribution in [3.8, 4) is 0 Å². The number of nitrogens with zero attached hydrogens (tertiary/aromatic N) is 3. The van der Waals surface area contributed by atoms with Gasteiger partial charge in [0.1, 0.15) is 23.2 Å². The van der Waals surface area contributed by atoms with Crippen LogP contribution in [0.15, 0.2) is 16.7 Å². The van der Waals surface area contributed by atoms with Crippen molar-refractivity contribution in [1.82, 2.24) is 15.0 Å². The fourth-order valence-corrected chi connectivity index (χ4v) is 1.54. The zero-order valence-electron chi connectivity index (χ0n) is 11.3. The van der Waals surface area contributed by atoms with Gasteiger partial charge in [0.05, 0.1) is 12.7 Å². The summed E-state index contributed by atoms with van der Waals surface area (Å²) in [6, 6.07) is 1.74.